The van der Waals surface area contributed by atoms with Gasteiger partial charge in [0, 0.05) is 86.0 Å². The van der Waals surface area contributed by atoms with Crippen molar-refractivity contribution < 1.29 is 62.9 Å². The summed E-state index contributed by atoms with van der Waals surface area (Å²) in [5.41, 5.74) is 10.2. The number of nitrogens with zero attached hydrogens (tertiary/aromatic N) is 6. The van der Waals surface area contributed by atoms with Crippen LogP contribution in [0.15, 0.2) is 146 Å². The van der Waals surface area contributed by atoms with E-state index in [1.54, 1.807) is 112 Å². The highest BCUT2D eigenvalue weighted by Gasteiger charge is 2.25. The lowest BCUT2D eigenvalue weighted by Gasteiger charge is -2.23. The lowest BCUT2D eigenvalue weighted by molar-refractivity contribution is 0.0244. The van der Waals surface area contributed by atoms with E-state index in [0.717, 1.165) is 62.4 Å². The van der Waals surface area contributed by atoms with Crippen LogP contribution in [0, 0.1) is 5.41 Å². The molecule has 1 aliphatic rings. The number of fused-ring (bicyclic) bond motifs is 3. The molecule has 12 N–H and O–H groups in total. The smallest absolute Gasteiger partial charge is 0.251 e. The Labute approximate surface area is 585 Å². The number of aromatic amines is 3. The Morgan fingerprint density at radius 2 is 0.794 bits per heavy atom. The fourth-order valence-corrected chi connectivity index (χ4v) is 10.9. The number of hydrogen-bond acceptors (Lipinski definition) is 22. The number of methoxy groups -OCH3 is 4. The Balaban J connectivity index is 0.000000154. The van der Waals surface area contributed by atoms with Gasteiger partial charge >= 0.3 is 0 Å². The molecule has 6 aromatic heterocycles. The van der Waals surface area contributed by atoms with Gasteiger partial charge in [-0.1, -0.05) is 57.2 Å². The molecule has 0 spiro atoms. The van der Waals surface area contributed by atoms with Crippen LogP contribution in [-0.2, 0) is 4.74 Å². The molecular formula is C74H77N15O13. The molecule has 0 atom stereocenters. The first kappa shape index (κ1) is 70.5. The van der Waals surface area contributed by atoms with Gasteiger partial charge in [0.05, 0.1) is 81.5 Å². The van der Waals surface area contributed by atoms with Crippen LogP contribution in [0.4, 0.5) is 34.9 Å². The van der Waals surface area contributed by atoms with Gasteiger partial charge in [0.1, 0.15) is 57.5 Å². The summed E-state index contributed by atoms with van der Waals surface area (Å²) in [6.45, 7) is 7.97. The summed E-state index contributed by atoms with van der Waals surface area (Å²) in [6.07, 6.45) is 7.01. The third-order valence-corrected chi connectivity index (χ3v) is 16.1. The number of rotatable bonds is 20. The van der Waals surface area contributed by atoms with Crippen molar-refractivity contribution in [2.24, 2.45) is 5.41 Å². The minimum Gasteiger partial charge on any atom is -0.508 e. The van der Waals surface area contributed by atoms with Gasteiger partial charge < -0.3 is 95.3 Å². The Hall–Kier alpha value is -12.9. The summed E-state index contributed by atoms with van der Waals surface area (Å²) < 4.78 is 40.0. The zero-order chi connectivity index (χ0) is 72.2. The second kappa shape index (κ2) is 31.3. The molecule has 0 unspecified atom stereocenters. The minimum absolute atomic E-state index is 0.0337. The molecule has 7 heterocycles. The van der Waals surface area contributed by atoms with Crippen LogP contribution in [0.1, 0.15) is 64.7 Å². The molecule has 0 aliphatic carbocycles. The predicted molar refractivity (Wildman–Crippen MR) is 388 cm³/mol. The van der Waals surface area contributed by atoms with Crippen molar-refractivity contribution in [3.8, 4) is 85.5 Å². The van der Waals surface area contributed by atoms with Crippen molar-refractivity contribution >= 4 is 85.7 Å². The van der Waals surface area contributed by atoms with Gasteiger partial charge in [-0.15, -0.1) is 0 Å². The van der Waals surface area contributed by atoms with Gasteiger partial charge in [0.15, 0.2) is 0 Å². The third-order valence-electron chi connectivity index (χ3n) is 16.1. The average molecular weight is 1380 g/mol. The van der Waals surface area contributed by atoms with Crippen molar-refractivity contribution in [3.05, 3.63) is 163 Å². The van der Waals surface area contributed by atoms with Crippen LogP contribution < -0.4 is 60.3 Å². The first-order valence-electron chi connectivity index (χ1n) is 32.3. The topological polar surface area (TPSA) is 373 Å². The van der Waals surface area contributed by atoms with E-state index >= 15 is 0 Å². The quantitative estimate of drug-likeness (QED) is 0.0337. The maximum absolute atomic E-state index is 12.0. The molecule has 13 rings (SSSR count). The van der Waals surface area contributed by atoms with Crippen molar-refractivity contribution in [1.82, 2.24) is 60.8 Å². The van der Waals surface area contributed by atoms with E-state index in [0.29, 0.717) is 123 Å². The van der Waals surface area contributed by atoms with Crippen LogP contribution in [-0.4, -0.2) is 153 Å². The number of benzene rings is 6. The van der Waals surface area contributed by atoms with Crippen LogP contribution in [0.25, 0.3) is 66.5 Å². The fourth-order valence-electron chi connectivity index (χ4n) is 10.9. The maximum atomic E-state index is 12.0. The summed E-state index contributed by atoms with van der Waals surface area (Å²) >= 11 is 0. The molecule has 0 radical (unpaired) electrons. The monoisotopic (exact) mass is 1380 g/mol. The number of amides is 3. The summed E-state index contributed by atoms with van der Waals surface area (Å²) in [4.78, 5) is 73.2. The van der Waals surface area contributed by atoms with Gasteiger partial charge in [-0.05, 0) is 113 Å². The molecule has 0 saturated carbocycles. The van der Waals surface area contributed by atoms with E-state index in [9.17, 15) is 29.7 Å². The molecular weight excluding hydrogens is 1310 g/mol. The van der Waals surface area contributed by atoms with Crippen LogP contribution in [0.2, 0.25) is 0 Å². The number of aromatic hydroxyl groups is 3. The number of carbonyl (C=O) groups is 3. The van der Waals surface area contributed by atoms with Gasteiger partial charge in [0.25, 0.3) is 17.7 Å². The zero-order valence-electron chi connectivity index (χ0n) is 57.6. The molecule has 6 aromatic carbocycles. The third kappa shape index (κ3) is 16.3. The largest absolute Gasteiger partial charge is 0.508 e. The Morgan fingerprint density at radius 1 is 0.461 bits per heavy atom. The van der Waals surface area contributed by atoms with E-state index in [1.165, 1.54) is 28.4 Å². The first-order valence-corrected chi connectivity index (χ1v) is 32.3. The van der Waals surface area contributed by atoms with Gasteiger partial charge in [-0.3, -0.25) is 14.4 Å². The molecule has 28 nitrogen and oxygen atoms in total. The number of phenols is 3. The number of carbonyl (C=O) groups excluding carboxylic acids is 3. The van der Waals surface area contributed by atoms with Crippen LogP contribution >= 0.6 is 0 Å². The van der Waals surface area contributed by atoms with E-state index < -0.39 is 0 Å². The van der Waals surface area contributed by atoms with Crippen molar-refractivity contribution in [2.45, 2.75) is 39.7 Å². The van der Waals surface area contributed by atoms with E-state index in [-0.39, 0.29) is 46.5 Å². The molecule has 1 fully saturated rings. The van der Waals surface area contributed by atoms with E-state index in [4.69, 9.17) is 38.1 Å². The molecule has 526 valence electrons. The highest BCUT2D eigenvalue weighted by molar-refractivity contribution is 6.01. The van der Waals surface area contributed by atoms with Crippen LogP contribution in [0.5, 0.6) is 52.1 Å². The maximum Gasteiger partial charge on any atom is 0.251 e. The molecule has 102 heavy (non-hydrogen) atoms. The summed E-state index contributed by atoms with van der Waals surface area (Å²) in [7, 11) is 10.8. The number of aromatic nitrogens is 9. The lowest BCUT2D eigenvalue weighted by Crippen LogP contribution is -2.26. The summed E-state index contributed by atoms with van der Waals surface area (Å²) in [5, 5.41) is 48.4. The summed E-state index contributed by atoms with van der Waals surface area (Å²) in [6, 6.07) is 35.9. The number of anilines is 6. The standard InChI is InChI=1S/C26H27N5O5.C26H29N5O4.C22H21N5O4/c1-27-24(33)16-5-8-20(21(13-16)34-2)29-26-30-23-22(25(31-26)36-18-9-11-35-12-10-18)19(14-28-23)15-3-6-17(32)7-4-15;1-26(2,3)14-35-24-21-18(15-6-9-17(32)10-7-15)13-28-22(21)30-25(31-24)29-19-11-8-16(23(33)27-4)12-20(19)34-5;1-23-20(29)13-6-9-16(17(10-13)30-2)25-22-26-19-18(21(27-22)31-3)15(11-24-19)12-4-7-14(28)8-5-12/h3-8,13-14,18,32H,9-12H2,1-2H3,(H,27,33)(H2,28,29,30,31);6-13,32H,14H2,1-5H3,(H,27,33)(H2,28,29,30,31);4-11,28H,1-3H3,(H,23,29)(H2,24,25,26,27). The fraction of sp³-hybridized carbons (Fsp3) is 0.230. The number of hydrogen-bond donors (Lipinski definition) is 12. The van der Waals surface area contributed by atoms with E-state index in [2.05, 4.69) is 92.5 Å². The van der Waals surface area contributed by atoms with Gasteiger partial charge in [-0.25, -0.2) is 0 Å². The molecule has 3 amide bonds. The lowest BCUT2D eigenvalue weighted by atomic mass is 9.99. The number of nitrogens with one attached hydrogen (secondary N) is 9. The van der Waals surface area contributed by atoms with Gasteiger partial charge in [0.2, 0.25) is 35.5 Å². The van der Waals surface area contributed by atoms with Crippen molar-refractivity contribution in [1.29, 1.82) is 0 Å². The second-order valence-corrected chi connectivity index (χ2v) is 24.3. The number of phenolic OH excluding ortho intramolecular Hbond substituents is 3. The first-order chi connectivity index (χ1) is 49.3. The highest BCUT2D eigenvalue weighted by atomic mass is 16.5. The Kier molecular flexibility index (Phi) is 21.7. The minimum atomic E-state index is -0.211. The SMILES string of the molecule is CNC(=O)c1ccc(Nc2nc(OC)c3c(-c4ccc(O)cc4)c[nH]c3n2)c(OC)c1.CNC(=O)c1ccc(Nc2nc(OC3CCOCC3)c3c(-c4ccc(O)cc4)c[nH]c3n2)c(OC)c1.CNC(=O)c1ccc(Nc2nc(OCC(C)(C)C)c3c(-c4ccc(O)cc4)c[nH]c3n2)c(OC)c1. The normalized spacial score (nSPS) is 12.1. The zero-order valence-corrected chi connectivity index (χ0v) is 57.6. The van der Waals surface area contributed by atoms with Crippen LogP contribution in [0.3, 0.4) is 0 Å². The second-order valence-electron chi connectivity index (χ2n) is 24.3. The summed E-state index contributed by atoms with van der Waals surface area (Å²) in [5.74, 6) is 3.55. The predicted octanol–water partition coefficient (Wildman–Crippen LogP) is 12.3. The average Bonchev–Trinajstić information content (AvgIpc) is 1.60. The van der Waals surface area contributed by atoms with Crippen molar-refractivity contribution in [3.63, 3.8) is 0 Å². The Bertz CT molecular complexity index is 4970. The number of ether oxygens (including phenoxy) is 7. The van der Waals surface area contributed by atoms with Crippen molar-refractivity contribution in [2.75, 3.05) is 85.4 Å². The number of H-pyrrole nitrogens is 3. The highest BCUT2D eigenvalue weighted by Crippen LogP contribution is 2.41. The molecule has 1 saturated heterocycles. The molecule has 1 aliphatic heterocycles. The van der Waals surface area contributed by atoms with E-state index in [1.807, 2.05) is 55.0 Å². The molecule has 0 bridgehead atoms. The van der Waals surface area contributed by atoms with Gasteiger partial charge in [-0.2, -0.15) is 29.9 Å². The Morgan fingerprint density at radius 3 is 1.13 bits per heavy atom. The molecule has 28 heteroatoms. The molecule has 12 aromatic rings.